The number of hydrogen-bond acceptors (Lipinski definition) is 1. The second-order valence-electron chi connectivity index (χ2n) is 5.04. The van der Waals surface area contributed by atoms with Crippen molar-refractivity contribution in [1.82, 2.24) is 4.98 Å². The van der Waals surface area contributed by atoms with Crippen LogP contribution >= 0.6 is 0 Å². The molecule has 1 aromatic heterocycles. The van der Waals surface area contributed by atoms with Crippen molar-refractivity contribution in [3.05, 3.63) is 35.8 Å². The van der Waals surface area contributed by atoms with Crippen LogP contribution in [0.4, 0.5) is 4.39 Å². The molecule has 1 saturated carbocycles. The molecule has 1 aliphatic carbocycles. The lowest BCUT2D eigenvalue weighted by molar-refractivity contribution is -0.119. The molecule has 4 heteroatoms. The molecular weight excluding hydrogens is 231 g/mol. The fourth-order valence-corrected chi connectivity index (χ4v) is 2.51. The summed E-state index contributed by atoms with van der Waals surface area (Å²) in [5.41, 5.74) is 6.76. The van der Waals surface area contributed by atoms with Gasteiger partial charge < -0.3 is 10.7 Å². The average Bonchev–Trinajstić information content (AvgIpc) is 3.05. The van der Waals surface area contributed by atoms with Crippen LogP contribution in [0, 0.1) is 11.7 Å². The van der Waals surface area contributed by atoms with Crippen LogP contribution in [0.5, 0.6) is 0 Å². The molecule has 1 atom stereocenters. The maximum absolute atomic E-state index is 13.6. The van der Waals surface area contributed by atoms with Gasteiger partial charge in [-0.25, -0.2) is 4.39 Å². The van der Waals surface area contributed by atoms with E-state index in [2.05, 4.69) is 4.98 Å². The summed E-state index contributed by atoms with van der Waals surface area (Å²) in [6.45, 7) is 0. The molecule has 0 bridgehead atoms. The molecule has 1 aromatic carbocycles. The number of primary amides is 1. The molecule has 0 spiro atoms. The highest BCUT2D eigenvalue weighted by atomic mass is 19.1. The molecule has 3 rings (SSSR count). The molecule has 1 heterocycles. The van der Waals surface area contributed by atoms with Gasteiger partial charge in [0.15, 0.2) is 0 Å². The molecule has 18 heavy (non-hydrogen) atoms. The van der Waals surface area contributed by atoms with Gasteiger partial charge in [0, 0.05) is 11.6 Å². The standard InChI is InChI=1S/C14H15FN2O/c15-12-3-1-2-9-11(7-17-13(9)12)10(14(16)18)6-8-4-5-8/h1-3,7-8,10,17H,4-6H2,(H2,16,18). The van der Waals surface area contributed by atoms with Crippen molar-refractivity contribution in [3.63, 3.8) is 0 Å². The van der Waals surface area contributed by atoms with Gasteiger partial charge in [0.25, 0.3) is 0 Å². The number of aromatic amines is 1. The molecule has 0 aliphatic heterocycles. The molecule has 2 aromatic rings. The lowest BCUT2D eigenvalue weighted by Crippen LogP contribution is -2.21. The Labute approximate surface area is 104 Å². The lowest BCUT2D eigenvalue weighted by Gasteiger charge is -2.11. The van der Waals surface area contributed by atoms with E-state index >= 15 is 0 Å². The minimum Gasteiger partial charge on any atom is -0.369 e. The van der Waals surface area contributed by atoms with Crippen molar-refractivity contribution < 1.29 is 9.18 Å². The Bertz CT molecular complexity index is 601. The lowest BCUT2D eigenvalue weighted by atomic mass is 9.92. The molecule has 1 amide bonds. The minimum atomic E-state index is -0.327. The number of nitrogens with one attached hydrogen (secondary N) is 1. The van der Waals surface area contributed by atoms with Crippen molar-refractivity contribution in [2.45, 2.75) is 25.2 Å². The molecular formula is C14H15FN2O. The predicted molar refractivity (Wildman–Crippen MR) is 67.5 cm³/mol. The maximum Gasteiger partial charge on any atom is 0.225 e. The molecule has 3 nitrogen and oxygen atoms in total. The second kappa shape index (κ2) is 4.12. The number of carbonyl (C=O) groups excluding carboxylic acids is 1. The van der Waals surface area contributed by atoms with Crippen LogP contribution in [-0.4, -0.2) is 10.9 Å². The number of carbonyl (C=O) groups is 1. The molecule has 0 saturated heterocycles. The molecule has 3 N–H and O–H groups in total. The van der Waals surface area contributed by atoms with E-state index < -0.39 is 0 Å². The first-order valence-electron chi connectivity index (χ1n) is 6.21. The van der Waals surface area contributed by atoms with Crippen molar-refractivity contribution in [2.24, 2.45) is 11.7 Å². The zero-order valence-electron chi connectivity index (χ0n) is 9.95. The Balaban J connectivity index is 2.05. The number of amides is 1. The van der Waals surface area contributed by atoms with Crippen LogP contribution in [-0.2, 0) is 4.79 Å². The van der Waals surface area contributed by atoms with Crippen LogP contribution in [0.3, 0.4) is 0 Å². The molecule has 1 aliphatic rings. The van der Waals surface area contributed by atoms with E-state index in [0.29, 0.717) is 11.4 Å². The summed E-state index contributed by atoms with van der Waals surface area (Å²) in [5.74, 6) is -0.338. The van der Waals surface area contributed by atoms with Gasteiger partial charge in [-0.2, -0.15) is 0 Å². The van der Waals surface area contributed by atoms with E-state index in [1.807, 2.05) is 6.07 Å². The monoisotopic (exact) mass is 246 g/mol. The molecule has 1 fully saturated rings. The largest absolute Gasteiger partial charge is 0.369 e. The third-order valence-corrected chi connectivity index (χ3v) is 3.68. The summed E-state index contributed by atoms with van der Waals surface area (Å²) in [6, 6.07) is 4.89. The Hall–Kier alpha value is -1.84. The van der Waals surface area contributed by atoms with Gasteiger partial charge in [0.05, 0.1) is 11.4 Å². The molecule has 94 valence electrons. The van der Waals surface area contributed by atoms with Gasteiger partial charge in [-0.05, 0) is 24.0 Å². The smallest absolute Gasteiger partial charge is 0.225 e. The van der Waals surface area contributed by atoms with Gasteiger partial charge >= 0.3 is 0 Å². The van der Waals surface area contributed by atoms with Crippen molar-refractivity contribution >= 4 is 16.8 Å². The van der Waals surface area contributed by atoms with Crippen LogP contribution in [0.25, 0.3) is 10.9 Å². The van der Waals surface area contributed by atoms with Crippen molar-refractivity contribution in [3.8, 4) is 0 Å². The minimum absolute atomic E-state index is 0.298. The fraction of sp³-hybridized carbons (Fsp3) is 0.357. The first-order valence-corrected chi connectivity index (χ1v) is 6.21. The van der Waals surface area contributed by atoms with Gasteiger partial charge in [0.2, 0.25) is 5.91 Å². The van der Waals surface area contributed by atoms with Crippen LogP contribution in [0.15, 0.2) is 24.4 Å². The van der Waals surface area contributed by atoms with E-state index in [0.717, 1.165) is 17.4 Å². The first-order chi connectivity index (χ1) is 8.66. The van der Waals surface area contributed by atoms with E-state index in [1.165, 1.54) is 18.9 Å². The average molecular weight is 246 g/mol. The Morgan fingerprint density at radius 3 is 2.94 bits per heavy atom. The van der Waals surface area contributed by atoms with E-state index in [9.17, 15) is 9.18 Å². The SMILES string of the molecule is NC(=O)C(CC1CC1)c1c[nH]c2c(F)cccc12. The van der Waals surface area contributed by atoms with Crippen LogP contribution < -0.4 is 5.73 Å². The Kier molecular flexibility index (Phi) is 2.58. The topological polar surface area (TPSA) is 58.9 Å². The Morgan fingerprint density at radius 1 is 1.50 bits per heavy atom. The third kappa shape index (κ3) is 1.88. The summed E-state index contributed by atoms with van der Waals surface area (Å²) in [6.07, 6.45) is 4.82. The first kappa shape index (κ1) is 11.3. The number of fused-ring (bicyclic) bond motifs is 1. The quantitative estimate of drug-likeness (QED) is 0.856. The zero-order chi connectivity index (χ0) is 12.7. The highest BCUT2D eigenvalue weighted by molar-refractivity contribution is 5.91. The number of rotatable bonds is 4. The number of para-hydroxylation sites is 1. The molecule has 0 radical (unpaired) electrons. The summed E-state index contributed by atoms with van der Waals surface area (Å²) in [7, 11) is 0. The highest BCUT2D eigenvalue weighted by Gasteiger charge is 2.30. The number of hydrogen-bond donors (Lipinski definition) is 2. The van der Waals surface area contributed by atoms with Gasteiger partial charge in [-0.1, -0.05) is 25.0 Å². The van der Waals surface area contributed by atoms with Gasteiger partial charge in [0.1, 0.15) is 5.82 Å². The number of benzene rings is 1. The predicted octanol–water partition coefficient (Wildman–Crippen LogP) is 2.68. The van der Waals surface area contributed by atoms with Crippen molar-refractivity contribution in [1.29, 1.82) is 0 Å². The number of H-pyrrole nitrogens is 1. The molecule has 1 unspecified atom stereocenters. The summed E-state index contributed by atoms with van der Waals surface area (Å²) < 4.78 is 13.6. The van der Waals surface area contributed by atoms with Gasteiger partial charge in [-0.3, -0.25) is 4.79 Å². The van der Waals surface area contributed by atoms with Gasteiger partial charge in [-0.15, -0.1) is 0 Å². The van der Waals surface area contributed by atoms with Crippen LogP contribution in [0.2, 0.25) is 0 Å². The number of halogens is 1. The second-order valence-corrected chi connectivity index (χ2v) is 5.04. The highest BCUT2D eigenvalue weighted by Crippen LogP contribution is 2.40. The summed E-state index contributed by atoms with van der Waals surface area (Å²) in [4.78, 5) is 14.5. The number of aromatic nitrogens is 1. The van der Waals surface area contributed by atoms with Crippen molar-refractivity contribution in [2.75, 3.05) is 0 Å². The third-order valence-electron chi connectivity index (χ3n) is 3.68. The Morgan fingerprint density at radius 2 is 2.28 bits per heavy atom. The van der Waals surface area contributed by atoms with Crippen LogP contribution in [0.1, 0.15) is 30.7 Å². The summed E-state index contributed by atoms with van der Waals surface area (Å²) in [5, 5.41) is 0.763. The maximum atomic E-state index is 13.6. The van der Waals surface area contributed by atoms with E-state index in [-0.39, 0.29) is 17.6 Å². The normalized spacial score (nSPS) is 16.9. The summed E-state index contributed by atoms with van der Waals surface area (Å²) >= 11 is 0. The zero-order valence-corrected chi connectivity index (χ0v) is 9.95. The van der Waals surface area contributed by atoms with E-state index in [4.69, 9.17) is 5.73 Å². The van der Waals surface area contributed by atoms with E-state index in [1.54, 1.807) is 12.3 Å². The number of nitrogens with two attached hydrogens (primary N) is 1. The fourth-order valence-electron chi connectivity index (χ4n) is 2.51.